The first kappa shape index (κ1) is 38.5. The number of nitrogens with zero attached hydrogens (tertiary/aromatic N) is 2. The number of carbonyl (C=O) groups is 2. The molecule has 0 aromatic heterocycles. The molecule has 14 nitrogen and oxygen atoms in total. The largest absolute Gasteiger partial charge is 0.497 e. The highest BCUT2D eigenvalue weighted by Gasteiger charge is 2.31. The van der Waals surface area contributed by atoms with Gasteiger partial charge >= 0.3 is 6.03 Å². The number of urea groups is 1. The molecule has 3 aromatic rings. The zero-order valence-corrected chi connectivity index (χ0v) is 31.0. The van der Waals surface area contributed by atoms with Crippen LogP contribution in [0.2, 0.25) is 0 Å². The van der Waals surface area contributed by atoms with Crippen LogP contribution in [0.15, 0.2) is 65.6 Å². The number of aliphatic hydroxyl groups excluding tert-OH is 1. The molecule has 15 heteroatoms. The van der Waals surface area contributed by atoms with E-state index in [1.807, 2.05) is 13.8 Å². The van der Waals surface area contributed by atoms with Crippen LogP contribution in [0.25, 0.3) is 0 Å². The fraction of sp³-hybridized carbons (Fsp3) is 0.459. The fourth-order valence-electron chi connectivity index (χ4n) is 5.96. The Kier molecular flexibility index (Phi) is 12.7. The molecule has 3 amide bonds. The summed E-state index contributed by atoms with van der Waals surface area (Å²) in [6.45, 7) is 6.21. The van der Waals surface area contributed by atoms with Crippen LogP contribution >= 0.6 is 0 Å². The van der Waals surface area contributed by atoms with E-state index in [0.29, 0.717) is 41.7 Å². The molecule has 2 aliphatic rings. The molecule has 2 heterocycles. The predicted octanol–water partition coefficient (Wildman–Crippen LogP) is 5.18. The topological polar surface area (TPSA) is 165 Å². The molecule has 0 radical (unpaired) electrons. The monoisotopic (exact) mass is 740 g/mol. The molecule has 0 saturated heterocycles. The van der Waals surface area contributed by atoms with Crippen LogP contribution in [0.4, 0.5) is 16.2 Å². The number of fused-ring (bicyclic) bond motifs is 2. The summed E-state index contributed by atoms with van der Waals surface area (Å²) in [7, 11) is -0.845. The molecule has 0 fully saturated rings. The molecule has 52 heavy (non-hydrogen) atoms. The quantitative estimate of drug-likeness (QED) is 0.266. The average Bonchev–Trinajstić information content (AvgIpc) is 3.60. The van der Waals surface area contributed by atoms with Gasteiger partial charge in [-0.05, 0) is 87.7 Å². The molecule has 0 unspecified atom stereocenters. The Balaban J connectivity index is 1.38. The van der Waals surface area contributed by atoms with Crippen LogP contribution in [0, 0.1) is 5.92 Å². The molecule has 2 aliphatic heterocycles. The summed E-state index contributed by atoms with van der Waals surface area (Å²) in [5.41, 5.74) is 0.862. The van der Waals surface area contributed by atoms with Gasteiger partial charge < -0.3 is 43.9 Å². The highest BCUT2D eigenvalue weighted by Crippen LogP contribution is 2.34. The number of likely N-dealkylation sites (N-methyl/N-ethyl adjacent to an activating group) is 1. The van der Waals surface area contributed by atoms with Crippen molar-refractivity contribution in [3.63, 3.8) is 0 Å². The zero-order valence-electron chi connectivity index (χ0n) is 30.2. The lowest BCUT2D eigenvalue weighted by atomic mass is 10.0. The molecular formula is C37H48N4O10S. The highest BCUT2D eigenvalue weighted by molar-refractivity contribution is 7.92. The number of anilines is 2. The minimum absolute atomic E-state index is 0.0227. The van der Waals surface area contributed by atoms with Crippen LogP contribution in [0.5, 0.6) is 23.0 Å². The summed E-state index contributed by atoms with van der Waals surface area (Å²) in [5, 5.41) is 13.2. The lowest BCUT2D eigenvalue weighted by Crippen LogP contribution is -2.48. The Morgan fingerprint density at radius 2 is 1.73 bits per heavy atom. The molecule has 0 bridgehead atoms. The number of aliphatic hydroxyl groups is 1. The van der Waals surface area contributed by atoms with Crippen LogP contribution in [0.1, 0.15) is 50.4 Å². The Bertz CT molecular complexity index is 1810. The normalized spacial score (nSPS) is 20.2. The van der Waals surface area contributed by atoms with Crippen LogP contribution < -0.4 is 29.0 Å². The Labute approximate surface area is 305 Å². The van der Waals surface area contributed by atoms with E-state index in [1.165, 1.54) is 35.1 Å². The number of rotatable bonds is 9. The fourth-order valence-corrected chi connectivity index (χ4v) is 7.01. The number of benzene rings is 3. The third-order valence-electron chi connectivity index (χ3n) is 9.10. The molecule has 0 saturated carbocycles. The molecule has 282 valence electrons. The smallest absolute Gasteiger partial charge is 0.321 e. The van der Waals surface area contributed by atoms with E-state index in [0.717, 1.165) is 12.8 Å². The number of methoxy groups -OCH3 is 1. The lowest BCUT2D eigenvalue weighted by molar-refractivity contribution is -0.0115. The van der Waals surface area contributed by atoms with Gasteiger partial charge in [0, 0.05) is 50.1 Å². The van der Waals surface area contributed by atoms with Gasteiger partial charge in [-0.15, -0.1) is 0 Å². The van der Waals surface area contributed by atoms with E-state index < -0.39 is 28.1 Å². The Hall–Kier alpha value is -4.73. The maximum absolute atomic E-state index is 14.4. The second-order valence-corrected chi connectivity index (χ2v) is 14.9. The van der Waals surface area contributed by atoms with Crippen LogP contribution in [0.3, 0.4) is 0 Å². The number of carbonyl (C=O) groups excluding carboxylic acids is 2. The number of sulfonamides is 1. The SMILES string of the molecule is COc1ccc(S(=O)(=O)Nc2ccc3c(c2)C(=O)N([C@@H](C)CO)C[C@@H](C)[C@@H](CN(C)C(=O)Nc2ccc4c(c2)OCO4)OCCCC[C@@H](C)O3)cc1. The lowest BCUT2D eigenvalue weighted by Gasteiger charge is -2.35. The first-order chi connectivity index (χ1) is 24.9. The van der Waals surface area contributed by atoms with Crippen molar-refractivity contribution in [3.05, 3.63) is 66.2 Å². The molecule has 0 spiro atoms. The second kappa shape index (κ2) is 17.2. The van der Waals surface area contributed by atoms with Gasteiger partial charge in [0.1, 0.15) is 11.5 Å². The second-order valence-electron chi connectivity index (χ2n) is 13.2. The Morgan fingerprint density at radius 1 is 1.02 bits per heavy atom. The van der Waals surface area contributed by atoms with Gasteiger partial charge in [-0.3, -0.25) is 9.52 Å². The maximum Gasteiger partial charge on any atom is 0.321 e. The van der Waals surface area contributed by atoms with Crippen molar-refractivity contribution in [2.45, 2.75) is 63.2 Å². The van der Waals surface area contributed by atoms with E-state index in [4.69, 9.17) is 23.7 Å². The van der Waals surface area contributed by atoms with Gasteiger partial charge in [0.2, 0.25) is 6.79 Å². The summed E-state index contributed by atoms with van der Waals surface area (Å²) >= 11 is 0. The number of hydrogen-bond donors (Lipinski definition) is 3. The van der Waals surface area contributed by atoms with E-state index >= 15 is 0 Å². The molecular weight excluding hydrogens is 692 g/mol. The van der Waals surface area contributed by atoms with Crippen molar-refractivity contribution < 1.29 is 46.8 Å². The number of hydrogen-bond acceptors (Lipinski definition) is 10. The van der Waals surface area contributed by atoms with Crippen molar-refractivity contribution in [2.75, 3.05) is 57.3 Å². The van der Waals surface area contributed by atoms with Crippen molar-refractivity contribution >= 4 is 33.3 Å². The summed E-state index contributed by atoms with van der Waals surface area (Å²) in [4.78, 5) is 30.8. The predicted molar refractivity (Wildman–Crippen MR) is 195 cm³/mol. The highest BCUT2D eigenvalue weighted by atomic mass is 32.2. The van der Waals surface area contributed by atoms with Crippen LogP contribution in [-0.2, 0) is 14.8 Å². The molecule has 5 rings (SSSR count). The summed E-state index contributed by atoms with van der Waals surface area (Å²) in [6, 6.07) is 14.8. The van der Waals surface area contributed by atoms with Crippen molar-refractivity contribution in [2.24, 2.45) is 5.92 Å². The summed E-state index contributed by atoms with van der Waals surface area (Å²) in [6.07, 6.45) is 1.49. The van der Waals surface area contributed by atoms with Gasteiger partial charge in [-0.1, -0.05) is 6.92 Å². The van der Waals surface area contributed by atoms with Crippen molar-refractivity contribution in [1.29, 1.82) is 0 Å². The van der Waals surface area contributed by atoms with E-state index in [1.54, 1.807) is 56.4 Å². The van der Waals surface area contributed by atoms with E-state index in [-0.39, 0.29) is 60.7 Å². The van der Waals surface area contributed by atoms with Gasteiger partial charge in [0.05, 0.1) is 42.4 Å². The molecule has 3 aromatic carbocycles. The Morgan fingerprint density at radius 3 is 2.46 bits per heavy atom. The van der Waals surface area contributed by atoms with E-state index in [9.17, 15) is 23.1 Å². The van der Waals surface area contributed by atoms with E-state index in [2.05, 4.69) is 10.0 Å². The van der Waals surface area contributed by atoms with Crippen molar-refractivity contribution in [3.8, 4) is 23.0 Å². The minimum atomic E-state index is -4.01. The number of ether oxygens (including phenoxy) is 5. The first-order valence-electron chi connectivity index (χ1n) is 17.3. The third kappa shape index (κ3) is 9.57. The molecule has 4 atom stereocenters. The average molecular weight is 741 g/mol. The maximum atomic E-state index is 14.4. The summed E-state index contributed by atoms with van der Waals surface area (Å²) < 4.78 is 57.7. The number of nitrogens with one attached hydrogen (secondary N) is 2. The van der Waals surface area contributed by atoms with Crippen LogP contribution in [-0.4, -0.2) is 101 Å². The van der Waals surface area contributed by atoms with Crippen molar-refractivity contribution in [1.82, 2.24) is 9.80 Å². The zero-order chi connectivity index (χ0) is 37.4. The van der Waals surface area contributed by atoms with Gasteiger partial charge in [-0.25, -0.2) is 13.2 Å². The number of amides is 3. The molecule has 3 N–H and O–H groups in total. The third-order valence-corrected chi connectivity index (χ3v) is 10.5. The van der Waals surface area contributed by atoms with Gasteiger partial charge in [-0.2, -0.15) is 0 Å². The summed E-state index contributed by atoms with van der Waals surface area (Å²) in [5.74, 6) is 1.23. The van der Waals surface area contributed by atoms with Gasteiger partial charge in [0.15, 0.2) is 11.5 Å². The first-order valence-corrected chi connectivity index (χ1v) is 18.8. The standard InChI is InChI=1S/C37H48N4O10S/c1-24-20-41(25(2)22-42)36(43)31-18-28(39-52(45,46)30-13-11-29(47-5)12-14-30)10-15-32(31)51-26(3)8-6-7-17-48-35(24)21-40(4)37(44)38-27-9-16-33-34(19-27)50-23-49-33/h9-16,18-19,24-26,35,39,42H,6-8,17,20-23H2,1-5H3,(H,38,44)/t24-,25+,26-,35-/m1/s1. The molecule has 0 aliphatic carbocycles. The van der Waals surface area contributed by atoms with Gasteiger partial charge in [0.25, 0.3) is 15.9 Å². The minimum Gasteiger partial charge on any atom is -0.497 e.